The van der Waals surface area contributed by atoms with E-state index in [2.05, 4.69) is 0 Å². The number of ether oxygens (including phenoxy) is 2. The number of para-hydroxylation sites is 1. The first-order valence-corrected chi connectivity index (χ1v) is 6.40. The monoisotopic (exact) mass is 274 g/mol. The zero-order chi connectivity index (χ0) is 13.3. The van der Waals surface area contributed by atoms with E-state index in [4.69, 9.17) is 21.1 Å². The van der Waals surface area contributed by atoms with Crippen molar-refractivity contribution in [2.24, 2.45) is 0 Å². The third-order valence-corrected chi connectivity index (χ3v) is 2.70. The SMILES string of the molecule is Clc1ccc(C=CCOCOc2ccccc2)cc1. The van der Waals surface area contributed by atoms with Crippen LogP contribution >= 0.6 is 11.6 Å². The number of benzene rings is 2. The largest absolute Gasteiger partial charge is 0.468 e. The van der Waals surface area contributed by atoms with Gasteiger partial charge in [-0.15, -0.1) is 0 Å². The second kappa shape index (κ2) is 7.62. The van der Waals surface area contributed by atoms with Crippen LogP contribution in [0.15, 0.2) is 60.7 Å². The Bertz CT molecular complexity index is 506. The molecule has 0 saturated heterocycles. The molecular weight excluding hydrogens is 260 g/mol. The minimum Gasteiger partial charge on any atom is -0.468 e. The van der Waals surface area contributed by atoms with Crippen molar-refractivity contribution in [1.29, 1.82) is 0 Å². The van der Waals surface area contributed by atoms with E-state index in [9.17, 15) is 0 Å². The first-order valence-electron chi connectivity index (χ1n) is 6.02. The fourth-order valence-corrected chi connectivity index (χ4v) is 1.63. The van der Waals surface area contributed by atoms with Gasteiger partial charge in [-0.1, -0.05) is 54.1 Å². The van der Waals surface area contributed by atoms with E-state index in [1.54, 1.807) is 0 Å². The molecule has 0 saturated carbocycles. The van der Waals surface area contributed by atoms with Crippen LogP contribution in [0.2, 0.25) is 5.02 Å². The third kappa shape index (κ3) is 5.16. The zero-order valence-corrected chi connectivity index (χ0v) is 11.2. The Morgan fingerprint density at radius 3 is 2.42 bits per heavy atom. The van der Waals surface area contributed by atoms with Crippen LogP contribution in [0, 0.1) is 0 Å². The normalized spacial score (nSPS) is 10.8. The van der Waals surface area contributed by atoms with Crippen LogP contribution in [0.4, 0.5) is 0 Å². The second-order valence-electron chi connectivity index (χ2n) is 3.90. The Morgan fingerprint density at radius 2 is 1.68 bits per heavy atom. The van der Waals surface area contributed by atoms with Gasteiger partial charge in [-0.2, -0.15) is 0 Å². The average Bonchev–Trinajstić information content (AvgIpc) is 2.46. The Kier molecular flexibility index (Phi) is 5.48. The summed E-state index contributed by atoms with van der Waals surface area (Å²) in [7, 11) is 0. The van der Waals surface area contributed by atoms with E-state index in [0.29, 0.717) is 6.61 Å². The van der Waals surface area contributed by atoms with Crippen molar-refractivity contribution in [3.05, 3.63) is 71.3 Å². The van der Waals surface area contributed by atoms with E-state index < -0.39 is 0 Å². The molecule has 0 amide bonds. The molecule has 3 heteroatoms. The highest BCUT2D eigenvalue weighted by Gasteiger charge is 1.90. The van der Waals surface area contributed by atoms with Gasteiger partial charge >= 0.3 is 0 Å². The summed E-state index contributed by atoms with van der Waals surface area (Å²) in [5.41, 5.74) is 1.09. The molecule has 0 aliphatic heterocycles. The first-order chi connectivity index (χ1) is 9.34. The van der Waals surface area contributed by atoms with Crippen LogP contribution in [-0.2, 0) is 4.74 Å². The molecular formula is C16H15ClO2. The topological polar surface area (TPSA) is 18.5 Å². The van der Waals surface area contributed by atoms with E-state index in [0.717, 1.165) is 16.3 Å². The molecule has 0 bridgehead atoms. The summed E-state index contributed by atoms with van der Waals surface area (Å²) in [6, 6.07) is 17.2. The van der Waals surface area contributed by atoms with E-state index in [-0.39, 0.29) is 6.79 Å². The van der Waals surface area contributed by atoms with Crippen molar-refractivity contribution in [1.82, 2.24) is 0 Å². The average molecular weight is 275 g/mol. The van der Waals surface area contributed by atoms with Gasteiger partial charge in [0.2, 0.25) is 0 Å². The lowest BCUT2D eigenvalue weighted by molar-refractivity contribution is 0.0309. The molecule has 0 atom stereocenters. The minimum absolute atomic E-state index is 0.245. The summed E-state index contributed by atoms with van der Waals surface area (Å²) in [6.07, 6.45) is 3.93. The van der Waals surface area contributed by atoms with Crippen LogP contribution in [-0.4, -0.2) is 13.4 Å². The molecule has 2 nitrogen and oxygen atoms in total. The fraction of sp³-hybridized carbons (Fsp3) is 0.125. The summed E-state index contributed by atoms with van der Waals surface area (Å²) in [5.74, 6) is 0.809. The van der Waals surface area contributed by atoms with Crippen molar-refractivity contribution in [3.8, 4) is 5.75 Å². The maximum Gasteiger partial charge on any atom is 0.189 e. The number of halogens is 1. The minimum atomic E-state index is 0.245. The lowest BCUT2D eigenvalue weighted by Crippen LogP contribution is -2.02. The second-order valence-corrected chi connectivity index (χ2v) is 4.34. The van der Waals surface area contributed by atoms with Crippen molar-refractivity contribution >= 4 is 17.7 Å². The Balaban J connectivity index is 1.65. The van der Waals surface area contributed by atoms with E-state index in [1.165, 1.54) is 0 Å². The molecule has 2 rings (SSSR count). The van der Waals surface area contributed by atoms with Gasteiger partial charge in [-0.05, 0) is 29.8 Å². The molecule has 0 fully saturated rings. The maximum atomic E-state index is 5.81. The standard InChI is InChI=1S/C16H15ClO2/c17-15-10-8-14(9-11-15)5-4-12-18-13-19-16-6-2-1-3-7-16/h1-11H,12-13H2. The Morgan fingerprint density at radius 1 is 0.947 bits per heavy atom. The van der Waals surface area contributed by atoms with Crippen LogP contribution in [0.3, 0.4) is 0 Å². The van der Waals surface area contributed by atoms with Gasteiger partial charge in [0.1, 0.15) is 5.75 Å². The predicted octanol–water partition coefficient (Wildman–Crippen LogP) is 4.41. The molecule has 0 aromatic heterocycles. The molecule has 0 radical (unpaired) electrons. The van der Waals surface area contributed by atoms with Gasteiger partial charge in [-0.25, -0.2) is 0 Å². The molecule has 0 unspecified atom stereocenters. The Hall–Kier alpha value is -1.77. The van der Waals surface area contributed by atoms with Crippen molar-refractivity contribution in [3.63, 3.8) is 0 Å². The van der Waals surface area contributed by atoms with Crippen LogP contribution < -0.4 is 4.74 Å². The molecule has 19 heavy (non-hydrogen) atoms. The zero-order valence-electron chi connectivity index (χ0n) is 10.5. The van der Waals surface area contributed by atoms with Gasteiger partial charge in [0.15, 0.2) is 6.79 Å². The predicted molar refractivity (Wildman–Crippen MR) is 78.4 cm³/mol. The van der Waals surface area contributed by atoms with Gasteiger partial charge < -0.3 is 9.47 Å². The smallest absolute Gasteiger partial charge is 0.189 e. The molecule has 0 aliphatic rings. The van der Waals surface area contributed by atoms with Crippen LogP contribution in [0.5, 0.6) is 5.75 Å². The molecule has 98 valence electrons. The van der Waals surface area contributed by atoms with E-state index in [1.807, 2.05) is 66.7 Å². The number of rotatable bonds is 6. The summed E-state index contributed by atoms with van der Waals surface area (Å²) in [4.78, 5) is 0. The number of hydrogen-bond donors (Lipinski definition) is 0. The Labute approximate surface area is 118 Å². The molecule has 2 aromatic rings. The lowest BCUT2D eigenvalue weighted by atomic mass is 10.2. The van der Waals surface area contributed by atoms with Gasteiger partial charge in [0, 0.05) is 5.02 Å². The highest BCUT2D eigenvalue weighted by molar-refractivity contribution is 6.30. The maximum absolute atomic E-state index is 5.81. The molecule has 0 N–H and O–H groups in total. The third-order valence-electron chi connectivity index (χ3n) is 2.45. The van der Waals surface area contributed by atoms with E-state index >= 15 is 0 Å². The first kappa shape index (κ1) is 13.7. The van der Waals surface area contributed by atoms with Gasteiger partial charge in [-0.3, -0.25) is 0 Å². The number of hydrogen-bond acceptors (Lipinski definition) is 2. The quantitative estimate of drug-likeness (QED) is 0.574. The highest BCUT2D eigenvalue weighted by Crippen LogP contribution is 2.10. The van der Waals surface area contributed by atoms with Crippen molar-refractivity contribution in [2.75, 3.05) is 13.4 Å². The summed E-state index contributed by atoms with van der Waals surface area (Å²) in [5, 5.41) is 0.740. The molecule has 2 aromatic carbocycles. The van der Waals surface area contributed by atoms with Crippen LogP contribution in [0.25, 0.3) is 6.08 Å². The highest BCUT2D eigenvalue weighted by atomic mass is 35.5. The van der Waals surface area contributed by atoms with Crippen LogP contribution in [0.1, 0.15) is 5.56 Å². The van der Waals surface area contributed by atoms with Crippen molar-refractivity contribution < 1.29 is 9.47 Å². The lowest BCUT2D eigenvalue weighted by Gasteiger charge is -2.04. The summed E-state index contributed by atoms with van der Waals surface area (Å²) in [6.45, 7) is 0.754. The van der Waals surface area contributed by atoms with Crippen molar-refractivity contribution in [2.45, 2.75) is 0 Å². The molecule has 0 aliphatic carbocycles. The van der Waals surface area contributed by atoms with Gasteiger partial charge in [0.25, 0.3) is 0 Å². The summed E-state index contributed by atoms with van der Waals surface area (Å²) < 4.78 is 10.7. The molecule has 0 heterocycles. The molecule has 0 spiro atoms. The fourth-order valence-electron chi connectivity index (χ4n) is 1.50. The summed E-state index contributed by atoms with van der Waals surface area (Å²) >= 11 is 5.81. The van der Waals surface area contributed by atoms with Gasteiger partial charge in [0.05, 0.1) is 6.61 Å².